The molecule has 1 aliphatic rings. The van der Waals surface area contributed by atoms with Crippen LogP contribution in [-0.2, 0) is 6.54 Å². The fourth-order valence-corrected chi connectivity index (χ4v) is 3.01. The third-order valence-corrected chi connectivity index (χ3v) is 4.21. The number of aliphatic hydroxyl groups excluding tert-OH is 1. The molecule has 2 heterocycles. The predicted octanol–water partition coefficient (Wildman–Crippen LogP) is 1.38. The lowest BCUT2D eigenvalue weighted by atomic mass is 9.98. The number of nitrogens with one attached hydrogen (secondary N) is 1. The molecule has 0 amide bonds. The van der Waals surface area contributed by atoms with Crippen molar-refractivity contribution in [1.29, 1.82) is 0 Å². The van der Waals surface area contributed by atoms with Gasteiger partial charge in [-0.3, -0.25) is 4.68 Å². The second-order valence-corrected chi connectivity index (χ2v) is 6.26. The molecule has 1 aromatic rings. The van der Waals surface area contributed by atoms with Crippen molar-refractivity contribution in [2.75, 3.05) is 27.2 Å². The SMILES string of the molecule is CN(C)CCn1ncc(Br)c1C(O)C1CCCCN1. The topological polar surface area (TPSA) is 53.3 Å². The summed E-state index contributed by atoms with van der Waals surface area (Å²) in [4.78, 5) is 2.12. The van der Waals surface area contributed by atoms with Crippen molar-refractivity contribution in [2.24, 2.45) is 0 Å². The van der Waals surface area contributed by atoms with Crippen LogP contribution >= 0.6 is 15.9 Å². The first-order valence-corrected chi connectivity index (χ1v) is 7.66. The van der Waals surface area contributed by atoms with E-state index >= 15 is 0 Å². The molecule has 2 atom stereocenters. The highest BCUT2D eigenvalue weighted by atomic mass is 79.9. The Bertz CT molecular complexity index is 401. The fraction of sp³-hybridized carbons (Fsp3) is 0.769. The molecular formula is C13H23BrN4O. The van der Waals surface area contributed by atoms with E-state index in [1.807, 2.05) is 18.8 Å². The lowest BCUT2D eigenvalue weighted by Crippen LogP contribution is -2.39. The fourth-order valence-electron chi connectivity index (χ4n) is 2.48. The summed E-state index contributed by atoms with van der Waals surface area (Å²) >= 11 is 3.51. The third kappa shape index (κ3) is 3.78. The number of rotatable bonds is 5. The second-order valence-electron chi connectivity index (χ2n) is 5.41. The zero-order valence-corrected chi connectivity index (χ0v) is 13.2. The van der Waals surface area contributed by atoms with E-state index in [4.69, 9.17) is 0 Å². The lowest BCUT2D eigenvalue weighted by molar-refractivity contribution is 0.104. The number of nitrogens with zero attached hydrogens (tertiary/aromatic N) is 3. The number of likely N-dealkylation sites (N-methyl/N-ethyl adjacent to an activating group) is 1. The van der Waals surface area contributed by atoms with Gasteiger partial charge in [-0.1, -0.05) is 6.42 Å². The van der Waals surface area contributed by atoms with E-state index in [0.717, 1.165) is 36.2 Å². The molecule has 1 aliphatic heterocycles. The molecule has 1 fully saturated rings. The van der Waals surface area contributed by atoms with E-state index in [9.17, 15) is 5.11 Å². The van der Waals surface area contributed by atoms with Gasteiger partial charge in [-0.15, -0.1) is 0 Å². The minimum absolute atomic E-state index is 0.139. The van der Waals surface area contributed by atoms with Gasteiger partial charge in [0.1, 0.15) is 6.10 Å². The smallest absolute Gasteiger partial charge is 0.112 e. The summed E-state index contributed by atoms with van der Waals surface area (Å²) in [7, 11) is 4.08. The number of aliphatic hydroxyl groups is 1. The van der Waals surface area contributed by atoms with Gasteiger partial charge >= 0.3 is 0 Å². The van der Waals surface area contributed by atoms with Gasteiger partial charge in [-0.05, 0) is 49.4 Å². The molecule has 1 saturated heterocycles. The summed E-state index contributed by atoms with van der Waals surface area (Å²) in [6.45, 7) is 2.69. The molecule has 6 heteroatoms. The maximum atomic E-state index is 10.6. The average Bonchev–Trinajstić information content (AvgIpc) is 2.78. The Morgan fingerprint density at radius 2 is 2.37 bits per heavy atom. The van der Waals surface area contributed by atoms with E-state index in [0.29, 0.717) is 0 Å². The Balaban J connectivity index is 2.10. The zero-order valence-electron chi connectivity index (χ0n) is 11.6. The highest BCUT2D eigenvalue weighted by Gasteiger charge is 2.27. The van der Waals surface area contributed by atoms with Crippen molar-refractivity contribution in [3.05, 3.63) is 16.4 Å². The molecule has 0 spiro atoms. The van der Waals surface area contributed by atoms with E-state index < -0.39 is 6.10 Å². The number of halogens is 1. The van der Waals surface area contributed by atoms with Crippen molar-refractivity contribution in [2.45, 2.75) is 38.0 Å². The van der Waals surface area contributed by atoms with Crippen molar-refractivity contribution in [1.82, 2.24) is 20.0 Å². The van der Waals surface area contributed by atoms with Gasteiger partial charge in [-0.2, -0.15) is 5.10 Å². The zero-order chi connectivity index (χ0) is 13.8. The summed E-state index contributed by atoms with van der Waals surface area (Å²) in [5.74, 6) is 0. The van der Waals surface area contributed by atoms with E-state index in [-0.39, 0.29) is 6.04 Å². The molecule has 0 bridgehead atoms. The molecule has 2 N–H and O–H groups in total. The van der Waals surface area contributed by atoms with Crippen molar-refractivity contribution >= 4 is 15.9 Å². The Labute approximate surface area is 123 Å². The Morgan fingerprint density at radius 3 is 3.00 bits per heavy atom. The first kappa shape index (κ1) is 15.0. The lowest BCUT2D eigenvalue weighted by Gasteiger charge is -2.28. The summed E-state index contributed by atoms with van der Waals surface area (Å²) in [5, 5.41) is 18.4. The van der Waals surface area contributed by atoms with Crippen LogP contribution in [0, 0.1) is 0 Å². The molecule has 108 valence electrons. The largest absolute Gasteiger partial charge is 0.385 e. The maximum absolute atomic E-state index is 10.6. The average molecular weight is 331 g/mol. The first-order chi connectivity index (χ1) is 9.09. The molecule has 19 heavy (non-hydrogen) atoms. The third-order valence-electron chi connectivity index (χ3n) is 3.60. The quantitative estimate of drug-likeness (QED) is 0.856. The summed E-state index contributed by atoms with van der Waals surface area (Å²) in [5.41, 5.74) is 0.890. The normalized spacial score (nSPS) is 21.8. The highest BCUT2D eigenvalue weighted by molar-refractivity contribution is 9.10. The first-order valence-electron chi connectivity index (χ1n) is 6.87. The molecule has 0 aliphatic carbocycles. The molecule has 0 saturated carbocycles. The van der Waals surface area contributed by atoms with Crippen LogP contribution in [0.5, 0.6) is 0 Å². The molecular weight excluding hydrogens is 308 g/mol. The number of piperidine rings is 1. The summed E-state index contributed by atoms with van der Waals surface area (Å²) in [6, 6.07) is 0.139. The summed E-state index contributed by atoms with van der Waals surface area (Å²) < 4.78 is 2.80. The van der Waals surface area contributed by atoms with Crippen LogP contribution in [0.15, 0.2) is 10.7 Å². The molecule has 2 rings (SSSR count). The van der Waals surface area contributed by atoms with Crippen LogP contribution in [0.25, 0.3) is 0 Å². The highest BCUT2D eigenvalue weighted by Crippen LogP contribution is 2.28. The Kier molecular flexibility index (Phi) is 5.38. The van der Waals surface area contributed by atoms with Crippen LogP contribution < -0.4 is 5.32 Å². The van der Waals surface area contributed by atoms with E-state index in [2.05, 4.69) is 31.2 Å². The van der Waals surface area contributed by atoms with E-state index in [1.54, 1.807) is 6.20 Å². The van der Waals surface area contributed by atoms with Gasteiger partial charge in [0.2, 0.25) is 0 Å². The molecule has 0 aromatic carbocycles. The summed E-state index contributed by atoms with van der Waals surface area (Å²) in [6.07, 6.45) is 4.67. The van der Waals surface area contributed by atoms with Gasteiger partial charge in [0, 0.05) is 12.6 Å². The van der Waals surface area contributed by atoms with Crippen molar-refractivity contribution in [3.63, 3.8) is 0 Å². The van der Waals surface area contributed by atoms with Gasteiger partial charge in [-0.25, -0.2) is 0 Å². The maximum Gasteiger partial charge on any atom is 0.112 e. The number of hydrogen-bond acceptors (Lipinski definition) is 4. The Hall–Kier alpha value is -0.430. The van der Waals surface area contributed by atoms with Crippen LogP contribution in [-0.4, -0.2) is 53.0 Å². The van der Waals surface area contributed by atoms with Crippen LogP contribution in [0.4, 0.5) is 0 Å². The number of hydrogen-bond donors (Lipinski definition) is 2. The van der Waals surface area contributed by atoms with Gasteiger partial charge in [0.05, 0.1) is 22.9 Å². The molecule has 0 radical (unpaired) electrons. The molecule has 2 unspecified atom stereocenters. The standard InChI is InChI=1S/C13H23BrN4O/c1-17(2)7-8-18-12(10(14)9-16-18)13(19)11-5-3-4-6-15-11/h9,11,13,15,19H,3-8H2,1-2H3. The monoisotopic (exact) mass is 330 g/mol. The van der Waals surface area contributed by atoms with E-state index in [1.165, 1.54) is 12.8 Å². The van der Waals surface area contributed by atoms with Crippen LogP contribution in [0.1, 0.15) is 31.1 Å². The van der Waals surface area contributed by atoms with Gasteiger partial charge in [0.15, 0.2) is 0 Å². The number of aromatic nitrogens is 2. The molecule has 1 aromatic heterocycles. The minimum Gasteiger partial charge on any atom is -0.385 e. The molecule has 5 nitrogen and oxygen atoms in total. The van der Waals surface area contributed by atoms with Gasteiger partial charge in [0.25, 0.3) is 0 Å². The predicted molar refractivity (Wildman–Crippen MR) is 79.1 cm³/mol. The van der Waals surface area contributed by atoms with Crippen molar-refractivity contribution < 1.29 is 5.11 Å². The Morgan fingerprint density at radius 1 is 1.58 bits per heavy atom. The van der Waals surface area contributed by atoms with Crippen LogP contribution in [0.2, 0.25) is 0 Å². The second kappa shape index (κ2) is 6.83. The van der Waals surface area contributed by atoms with Gasteiger partial charge < -0.3 is 15.3 Å². The minimum atomic E-state index is -0.501. The van der Waals surface area contributed by atoms with Crippen molar-refractivity contribution in [3.8, 4) is 0 Å². The van der Waals surface area contributed by atoms with Crippen LogP contribution in [0.3, 0.4) is 0 Å².